The highest BCUT2D eigenvalue weighted by Crippen LogP contribution is 2.30. The lowest BCUT2D eigenvalue weighted by Crippen LogP contribution is -2.49. The van der Waals surface area contributed by atoms with Gasteiger partial charge in [0.1, 0.15) is 0 Å². The van der Waals surface area contributed by atoms with E-state index in [0.29, 0.717) is 36.8 Å². The van der Waals surface area contributed by atoms with Gasteiger partial charge in [0.15, 0.2) is 0 Å². The molecule has 1 aliphatic heterocycles. The van der Waals surface area contributed by atoms with Crippen LogP contribution in [0.5, 0.6) is 0 Å². The van der Waals surface area contributed by atoms with Crippen LogP contribution < -0.4 is 5.73 Å². The van der Waals surface area contributed by atoms with Gasteiger partial charge >= 0.3 is 0 Å². The second-order valence-corrected chi connectivity index (χ2v) is 7.31. The Morgan fingerprint density at radius 2 is 1.89 bits per heavy atom. The maximum absolute atomic E-state index is 12.4. The zero-order chi connectivity index (χ0) is 14.6. The van der Waals surface area contributed by atoms with E-state index >= 15 is 0 Å². The minimum Gasteiger partial charge on any atom is -0.339 e. The molecule has 3 atom stereocenters. The molecular formula is C16H32N2O. The molecule has 19 heavy (non-hydrogen) atoms. The SMILES string of the molecule is CC1CC(C)C(C)N(C(=O)CCC(C)(C)CCN)C1. The predicted molar refractivity (Wildman–Crippen MR) is 80.8 cm³/mol. The Morgan fingerprint density at radius 1 is 1.26 bits per heavy atom. The van der Waals surface area contributed by atoms with Gasteiger partial charge in [0, 0.05) is 19.0 Å². The first kappa shape index (κ1) is 16.5. The number of piperidine rings is 1. The largest absolute Gasteiger partial charge is 0.339 e. The summed E-state index contributed by atoms with van der Waals surface area (Å²) in [5, 5.41) is 0. The van der Waals surface area contributed by atoms with Crippen LogP contribution in [0.15, 0.2) is 0 Å². The van der Waals surface area contributed by atoms with Crippen LogP contribution in [0, 0.1) is 17.3 Å². The maximum Gasteiger partial charge on any atom is 0.222 e. The first-order chi connectivity index (χ1) is 8.76. The number of hydrogen-bond donors (Lipinski definition) is 1. The summed E-state index contributed by atoms with van der Waals surface area (Å²) in [6, 6.07) is 0.390. The van der Waals surface area contributed by atoms with E-state index in [1.807, 2.05) is 0 Å². The third kappa shape index (κ3) is 4.79. The molecule has 1 rings (SSSR count). The lowest BCUT2D eigenvalue weighted by Gasteiger charge is -2.41. The first-order valence-electron chi connectivity index (χ1n) is 7.76. The van der Waals surface area contributed by atoms with Crippen LogP contribution in [-0.2, 0) is 4.79 Å². The van der Waals surface area contributed by atoms with E-state index in [9.17, 15) is 4.79 Å². The Hall–Kier alpha value is -0.570. The second-order valence-electron chi connectivity index (χ2n) is 7.31. The molecule has 112 valence electrons. The van der Waals surface area contributed by atoms with Crippen LogP contribution in [-0.4, -0.2) is 29.9 Å². The number of carbonyl (C=O) groups excluding carboxylic acids is 1. The lowest BCUT2D eigenvalue weighted by atomic mass is 9.83. The molecule has 0 aromatic rings. The van der Waals surface area contributed by atoms with Crippen molar-refractivity contribution in [1.82, 2.24) is 4.90 Å². The standard InChI is InChI=1S/C16H32N2O/c1-12-10-13(2)14(3)18(11-12)15(19)6-7-16(4,5)8-9-17/h12-14H,6-11,17H2,1-5H3. The van der Waals surface area contributed by atoms with Crippen LogP contribution in [0.1, 0.15) is 60.3 Å². The summed E-state index contributed by atoms with van der Waals surface area (Å²) in [4.78, 5) is 14.6. The number of hydrogen-bond acceptors (Lipinski definition) is 2. The molecule has 0 radical (unpaired) electrons. The highest BCUT2D eigenvalue weighted by molar-refractivity contribution is 5.76. The molecule has 3 unspecified atom stereocenters. The summed E-state index contributed by atoms with van der Waals surface area (Å²) in [5.41, 5.74) is 5.81. The Morgan fingerprint density at radius 3 is 2.47 bits per heavy atom. The molecule has 0 saturated carbocycles. The number of likely N-dealkylation sites (tertiary alicyclic amines) is 1. The zero-order valence-corrected chi connectivity index (χ0v) is 13.4. The molecule has 0 aromatic carbocycles. The van der Waals surface area contributed by atoms with Gasteiger partial charge in [-0.1, -0.05) is 27.7 Å². The number of carbonyl (C=O) groups is 1. The van der Waals surface area contributed by atoms with Gasteiger partial charge in [0.2, 0.25) is 5.91 Å². The summed E-state index contributed by atoms with van der Waals surface area (Å²) in [6.45, 7) is 12.8. The molecule has 1 fully saturated rings. The predicted octanol–water partition coefficient (Wildman–Crippen LogP) is 3.03. The summed E-state index contributed by atoms with van der Waals surface area (Å²) in [6.07, 6.45) is 3.83. The van der Waals surface area contributed by atoms with E-state index < -0.39 is 0 Å². The van der Waals surface area contributed by atoms with Crippen molar-refractivity contribution in [3.05, 3.63) is 0 Å². The second kappa shape index (κ2) is 6.74. The number of nitrogens with zero attached hydrogens (tertiary/aromatic N) is 1. The molecule has 1 aliphatic rings. The van der Waals surface area contributed by atoms with Gasteiger partial charge in [-0.3, -0.25) is 4.79 Å². The molecule has 3 nitrogen and oxygen atoms in total. The van der Waals surface area contributed by atoms with Crippen LogP contribution in [0.3, 0.4) is 0 Å². The summed E-state index contributed by atoms with van der Waals surface area (Å²) in [5.74, 6) is 1.58. The van der Waals surface area contributed by atoms with Gasteiger partial charge in [-0.15, -0.1) is 0 Å². The van der Waals surface area contributed by atoms with Crippen molar-refractivity contribution in [2.24, 2.45) is 23.0 Å². The van der Waals surface area contributed by atoms with Crippen molar-refractivity contribution in [1.29, 1.82) is 0 Å². The molecule has 2 N–H and O–H groups in total. The van der Waals surface area contributed by atoms with E-state index in [0.717, 1.165) is 19.4 Å². The fraction of sp³-hybridized carbons (Fsp3) is 0.938. The van der Waals surface area contributed by atoms with Gasteiger partial charge < -0.3 is 10.6 Å². The third-order valence-corrected chi connectivity index (χ3v) is 4.75. The molecular weight excluding hydrogens is 236 g/mol. The molecule has 0 aromatic heterocycles. The van der Waals surface area contributed by atoms with Gasteiger partial charge in [-0.05, 0) is 50.0 Å². The molecule has 0 spiro atoms. The van der Waals surface area contributed by atoms with E-state index in [-0.39, 0.29) is 5.41 Å². The fourth-order valence-electron chi connectivity index (χ4n) is 3.15. The molecule has 1 amide bonds. The first-order valence-corrected chi connectivity index (χ1v) is 7.76. The number of rotatable bonds is 5. The zero-order valence-electron chi connectivity index (χ0n) is 13.4. The van der Waals surface area contributed by atoms with Crippen molar-refractivity contribution >= 4 is 5.91 Å². The smallest absolute Gasteiger partial charge is 0.222 e. The highest BCUT2D eigenvalue weighted by atomic mass is 16.2. The minimum atomic E-state index is 0.181. The number of nitrogens with two attached hydrogens (primary N) is 1. The van der Waals surface area contributed by atoms with Crippen LogP contribution in [0.2, 0.25) is 0 Å². The average molecular weight is 268 g/mol. The fourth-order valence-corrected chi connectivity index (χ4v) is 3.15. The van der Waals surface area contributed by atoms with Crippen molar-refractivity contribution < 1.29 is 4.79 Å². The van der Waals surface area contributed by atoms with E-state index in [1.165, 1.54) is 6.42 Å². The van der Waals surface area contributed by atoms with Crippen LogP contribution in [0.25, 0.3) is 0 Å². The van der Waals surface area contributed by atoms with Gasteiger partial charge in [0.25, 0.3) is 0 Å². The molecule has 1 saturated heterocycles. The van der Waals surface area contributed by atoms with Crippen molar-refractivity contribution in [2.45, 2.75) is 66.3 Å². The summed E-state index contributed by atoms with van der Waals surface area (Å²) >= 11 is 0. The highest BCUT2D eigenvalue weighted by Gasteiger charge is 2.32. The van der Waals surface area contributed by atoms with Gasteiger partial charge in [0.05, 0.1) is 0 Å². The molecule has 3 heteroatoms. The normalized spacial score (nSPS) is 28.5. The average Bonchev–Trinajstić information content (AvgIpc) is 2.31. The maximum atomic E-state index is 12.4. The van der Waals surface area contributed by atoms with E-state index in [4.69, 9.17) is 5.73 Å². The Bertz CT molecular complexity index is 301. The Balaban J connectivity index is 2.52. The van der Waals surface area contributed by atoms with Crippen molar-refractivity contribution in [3.8, 4) is 0 Å². The molecule has 1 heterocycles. The van der Waals surface area contributed by atoms with Gasteiger partial charge in [-0.2, -0.15) is 0 Å². The Kier molecular flexibility index (Phi) is 5.84. The monoisotopic (exact) mass is 268 g/mol. The topological polar surface area (TPSA) is 46.3 Å². The number of amides is 1. The van der Waals surface area contributed by atoms with Crippen LogP contribution in [0.4, 0.5) is 0 Å². The van der Waals surface area contributed by atoms with Crippen molar-refractivity contribution in [3.63, 3.8) is 0 Å². The Labute approximate surface area is 118 Å². The van der Waals surface area contributed by atoms with Gasteiger partial charge in [-0.25, -0.2) is 0 Å². The minimum absolute atomic E-state index is 0.181. The summed E-state index contributed by atoms with van der Waals surface area (Å²) in [7, 11) is 0. The van der Waals surface area contributed by atoms with Crippen molar-refractivity contribution in [2.75, 3.05) is 13.1 Å². The van der Waals surface area contributed by atoms with E-state index in [1.54, 1.807) is 0 Å². The molecule has 0 aliphatic carbocycles. The van der Waals surface area contributed by atoms with E-state index in [2.05, 4.69) is 39.5 Å². The third-order valence-electron chi connectivity index (χ3n) is 4.75. The quantitative estimate of drug-likeness (QED) is 0.833. The lowest BCUT2D eigenvalue weighted by molar-refractivity contribution is -0.137. The summed E-state index contributed by atoms with van der Waals surface area (Å²) < 4.78 is 0. The molecule has 0 bridgehead atoms. The van der Waals surface area contributed by atoms with Crippen LogP contribution >= 0.6 is 0 Å².